The monoisotopic (exact) mass is 766 g/mol. The zero-order chi connectivity index (χ0) is 36.5. The van der Waals surface area contributed by atoms with Crippen molar-refractivity contribution in [1.82, 2.24) is 9.13 Å². The second-order valence-corrected chi connectivity index (χ2v) is 17.4. The second kappa shape index (κ2) is 10.4. The largest absolute Gasteiger partial charge is 0.337 e. The molecule has 4 aliphatic rings. The molecule has 0 N–H and O–H groups in total. The normalized spacial score (nSPS) is 19.3. The lowest BCUT2D eigenvalue weighted by molar-refractivity contribution is 0.0975. The third-order valence-electron chi connectivity index (χ3n) is 11.4. The van der Waals surface area contributed by atoms with Crippen molar-refractivity contribution in [3.8, 4) is 0 Å². The van der Waals surface area contributed by atoms with E-state index >= 15 is 0 Å². The average Bonchev–Trinajstić information content (AvgIpc) is 3.97. The quantitative estimate of drug-likeness (QED) is 0.0997. The highest BCUT2D eigenvalue weighted by Gasteiger charge is 2.39. The number of benzene rings is 2. The van der Waals surface area contributed by atoms with E-state index < -0.39 is 46.4 Å². The Balaban J connectivity index is 1.10. The Kier molecular flexibility index (Phi) is 6.17. The van der Waals surface area contributed by atoms with Crippen LogP contribution in [0.15, 0.2) is 35.4 Å². The number of halogens is 4. The predicted molar refractivity (Wildman–Crippen MR) is 198 cm³/mol. The van der Waals surface area contributed by atoms with Gasteiger partial charge in [-0.25, -0.2) is 17.6 Å². The van der Waals surface area contributed by atoms with Crippen LogP contribution in [0.1, 0.15) is 101 Å². The van der Waals surface area contributed by atoms with E-state index in [1.807, 2.05) is 0 Å². The molecule has 262 valence electrons. The van der Waals surface area contributed by atoms with Gasteiger partial charge in [0.25, 0.3) is 0 Å². The van der Waals surface area contributed by atoms with Crippen LogP contribution in [-0.2, 0) is 13.1 Å². The lowest BCUT2D eigenvalue weighted by Gasteiger charge is -2.23. The molecule has 0 radical (unpaired) electrons. The first-order valence-corrected chi connectivity index (χ1v) is 19.5. The van der Waals surface area contributed by atoms with Gasteiger partial charge in [0.15, 0.2) is 46.4 Å². The van der Waals surface area contributed by atoms with E-state index in [0.717, 1.165) is 112 Å². The van der Waals surface area contributed by atoms with E-state index in [9.17, 15) is 36.7 Å². The molecule has 0 bridgehead atoms. The Morgan fingerprint density at radius 3 is 1.19 bits per heavy atom. The number of hydrogen-bond donors (Lipinski definition) is 0. The Labute approximate surface area is 308 Å². The van der Waals surface area contributed by atoms with E-state index in [-0.39, 0.29) is 45.2 Å². The zero-order valence-corrected chi connectivity index (χ0v) is 30.2. The summed E-state index contributed by atoms with van der Waals surface area (Å²) >= 11 is 4.70. The van der Waals surface area contributed by atoms with Gasteiger partial charge < -0.3 is 9.13 Å². The highest BCUT2D eigenvalue weighted by atomic mass is 32.1. The van der Waals surface area contributed by atoms with Gasteiger partial charge >= 0.3 is 0 Å². The summed E-state index contributed by atoms with van der Waals surface area (Å²) in [5.74, 6) is -6.87. The molecule has 53 heavy (non-hydrogen) atoms. The summed E-state index contributed by atoms with van der Waals surface area (Å²) < 4.78 is 65.1. The molecule has 0 fully saturated rings. The van der Waals surface area contributed by atoms with Crippen molar-refractivity contribution in [3.63, 3.8) is 0 Å². The number of carbonyl (C=O) groups is 4. The average molecular weight is 767 g/mol. The number of hydrogen-bond acceptors (Lipinski definition) is 7. The minimum atomic E-state index is -1.17. The molecule has 11 rings (SSSR count). The Morgan fingerprint density at radius 2 is 0.849 bits per heavy atom. The molecule has 0 saturated carbocycles. The molecule has 5 aromatic heterocycles. The highest BCUT2D eigenvalue weighted by Crippen LogP contribution is 2.56. The van der Waals surface area contributed by atoms with Crippen LogP contribution < -0.4 is 0 Å². The molecular weight excluding hydrogens is 745 g/mol. The third kappa shape index (κ3) is 3.87. The molecule has 7 aromatic rings. The summed E-state index contributed by atoms with van der Waals surface area (Å²) in [7, 11) is 0. The Bertz CT molecular complexity index is 2790. The first-order chi connectivity index (χ1) is 25.4. The van der Waals surface area contributed by atoms with Crippen molar-refractivity contribution in [3.05, 3.63) is 102 Å². The smallest absolute Gasteiger partial charge is 0.197 e. The van der Waals surface area contributed by atoms with Crippen LogP contribution in [0.3, 0.4) is 0 Å². The van der Waals surface area contributed by atoms with Crippen LogP contribution in [0.4, 0.5) is 17.6 Å². The van der Waals surface area contributed by atoms with Crippen molar-refractivity contribution >= 4 is 110 Å². The van der Waals surface area contributed by atoms with Gasteiger partial charge in [-0.2, -0.15) is 0 Å². The van der Waals surface area contributed by atoms with E-state index in [0.29, 0.717) is 0 Å². The fourth-order valence-corrected chi connectivity index (χ4v) is 13.2. The number of nitrogens with zero attached hydrogens (tertiary/aromatic N) is 2. The maximum atomic E-state index is 14.0. The predicted octanol–water partition coefficient (Wildman–Crippen LogP) is 10.6. The van der Waals surface area contributed by atoms with Gasteiger partial charge in [0, 0.05) is 45.1 Å². The van der Waals surface area contributed by atoms with Crippen molar-refractivity contribution < 1.29 is 36.7 Å². The molecule has 13 heteroatoms. The van der Waals surface area contributed by atoms with Crippen LogP contribution in [0.25, 0.3) is 53.0 Å². The minimum Gasteiger partial charge on any atom is -0.337 e. The van der Waals surface area contributed by atoms with Crippen molar-refractivity contribution in [1.29, 1.82) is 0 Å². The van der Waals surface area contributed by atoms with Crippen molar-refractivity contribution in [2.75, 3.05) is 0 Å². The summed E-state index contributed by atoms with van der Waals surface area (Å²) in [4.78, 5) is 54.8. The van der Waals surface area contributed by atoms with Crippen LogP contribution in [0, 0.1) is 23.3 Å². The van der Waals surface area contributed by atoms with Crippen LogP contribution in [0.5, 0.6) is 0 Å². The van der Waals surface area contributed by atoms with Crippen molar-refractivity contribution in [2.24, 2.45) is 0 Å². The second-order valence-electron chi connectivity index (χ2n) is 14.3. The fraction of sp³-hybridized carbons (Fsp3) is 0.200. The third-order valence-corrected chi connectivity index (χ3v) is 15.2. The number of ketones is 4. The fourth-order valence-electron chi connectivity index (χ4n) is 8.90. The van der Waals surface area contributed by atoms with E-state index in [4.69, 9.17) is 0 Å². The molecule has 2 unspecified atom stereocenters. The molecule has 6 nitrogen and oxygen atoms in total. The first-order valence-electron chi connectivity index (χ1n) is 17.1. The standard InChI is InChI=1S/C40H22F4N2O4S3/c1-13-3-5-45-29-27(13)25(11-19-33(47)15-7-21(41)22(42)8-16(15)34(19)48)51-37(29)39-31(45)32-40(53-39)38-30-28(14(2)4-6-46(30)32)26(52-38)12-20-35(49)17-9-23(43)24(44)10-18(17)36(20)50/h7-14H,3-6H2,1-2H3. The highest BCUT2D eigenvalue weighted by molar-refractivity contribution is 7.34. The molecule has 0 amide bonds. The van der Waals surface area contributed by atoms with Gasteiger partial charge in [-0.1, -0.05) is 13.8 Å². The number of rotatable bonds is 2. The molecule has 2 atom stereocenters. The number of carbonyl (C=O) groups excluding carboxylic acids is 4. The zero-order valence-electron chi connectivity index (χ0n) is 27.7. The van der Waals surface area contributed by atoms with Gasteiger partial charge in [-0.15, -0.1) is 34.0 Å². The molecule has 2 aromatic carbocycles. The van der Waals surface area contributed by atoms with E-state index in [2.05, 4.69) is 23.0 Å². The summed E-state index contributed by atoms with van der Waals surface area (Å²) in [6.07, 6.45) is 4.87. The first kappa shape index (κ1) is 31.5. The summed E-state index contributed by atoms with van der Waals surface area (Å²) in [6.45, 7) is 5.82. The Morgan fingerprint density at radius 1 is 0.528 bits per heavy atom. The number of aromatic nitrogens is 2. The maximum Gasteiger partial charge on any atom is 0.197 e. The molecular formula is C40H22F4N2O4S3. The van der Waals surface area contributed by atoms with Gasteiger partial charge in [0.2, 0.25) is 0 Å². The van der Waals surface area contributed by atoms with Crippen LogP contribution in [-0.4, -0.2) is 32.3 Å². The molecule has 0 spiro atoms. The molecule has 2 aliphatic carbocycles. The van der Waals surface area contributed by atoms with Crippen LogP contribution >= 0.6 is 34.0 Å². The number of fused-ring (bicyclic) bond motifs is 9. The topological polar surface area (TPSA) is 78.1 Å². The molecule has 2 aliphatic heterocycles. The SMILES string of the molecule is CC1CCn2c3c1c(C=C1C(=O)c4cc(F)c(F)cc4C1=O)sc3c1sc3c4sc(C=C5C(=O)c6cc(F)c(F)cc6C5=O)c5c4n(c3c12)CCC5C. The minimum absolute atomic E-state index is 0.100. The summed E-state index contributed by atoms with van der Waals surface area (Å²) in [5.41, 5.74) is 5.81. The molecule has 7 heterocycles. The number of thiophene rings is 3. The van der Waals surface area contributed by atoms with Crippen LogP contribution in [0.2, 0.25) is 0 Å². The lowest BCUT2D eigenvalue weighted by atomic mass is 9.93. The van der Waals surface area contributed by atoms with Gasteiger partial charge in [-0.3, -0.25) is 19.2 Å². The Hall–Kier alpha value is -4.98. The summed E-state index contributed by atoms with van der Waals surface area (Å²) in [6, 6.07) is 3.19. The summed E-state index contributed by atoms with van der Waals surface area (Å²) in [5, 5.41) is 0. The lowest BCUT2D eigenvalue weighted by Crippen LogP contribution is -2.13. The maximum absolute atomic E-state index is 14.0. The number of allylic oxidation sites excluding steroid dienone is 2. The van der Waals surface area contributed by atoms with Gasteiger partial charge in [-0.05, 0) is 72.2 Å². The van der Waals surface area contributed by atoms with E-state index in [1.165, 1.54) is 22.7 Å². The van der Waals surface area contributed by atoms with Gasteiger partial charge in [0.05, 0.1) is 52.0 Å². The number of aryl methyl sites for hydroxylation is 2. The van der Waals surface area contributed by atoms with Gasteiger partial charge in [0.1, 0.15) is 0 Å². The molecule has 0 saturated heterocycles. The van der Waals surface area contributed by atoms with E-state index in [1.54, 1.807) is 23.5 Å². The number of Topliss-reactive ketones (excluding diaryl/α,β-unsaturated/α-hetero) is 4. The van der Waals surface area contributed by atoms with Crippen molar-refractivity contribution in [2.45, 2.75) is 51.6 Å².